The number of hydrogen-bond donors (Lipinski definition) is 2. The van der Waals surface area contributed by atoms with Crippen LogP contribution in [0, 0.1) is 5.92 Å². The van der Waals surface area contributed by atoms with Crippen molar-refractivity contribution in [1.29, 1.82) is 0 Å². The Kier molecular flexibility index (Phi) is 10.9. The van der Waals surface area contributed by atoms with Gasteiger partial charge < -0.3 is 15.5 Å². The first-order valence-corrected chi connectivity index (χ1v) is 11.6. The van der Waals surface area contributed by atoms with E-state index in [1.165, 1.54) is 37.9 Å². The molecule has 2 N–H and O–H groups in total. The van der Waals surface area contributed by atoms with E-state index in [1.54, 1.807) is 0 Å². The molecule has 0 aliphatic carbocycles. The first kappa shape index (κ1) is 25.4. The molecule has 1 aromatic rings. The third-order valence-corrected chi connectivity index (χ3v) is 6.41. The zero-order chi connectivity index (χ0) is 20.6. The number of guanidine groups is 1. The summed E-state index contributed by atoms with van der Waals surface area (Å²) < 4.78 is 0. The van der Waals surface area contributed by atoms with Crippen LogP contribution < -0.4 is 10.6 Å². The monoisotopic (exact) mass is 527 g/mol. The number of halogens is 1. The van der Waals surface area contributed by atoms with Gasteiger partial charge in [0, 0.05) is 50.8 Å². The molecule has 2 aliphatic rings. The van der Waals surface area contributed by atoms with Crippen LogP contribution in [0.4, 0.5) is 0 Å². The molecule has 0 saturated carbocycles. The largest absolute Gasteiger partial charge is 0.357 e. The first-order valence-electron chi connectivity index (χ1n) is 11.6. The summed E-state index contributed by atoms with van der Waals surface area (Å²) in [6, 6.07) is 12.5. The number of piperidine rings is 1. The van der Waals surface area contributed by atoms with Gasteiger partial charge >= 0.3 is 0 Å². The van der Waals surface area contributed by atoms with Crippen molar-refractivity contribution < 1.29 is 0 Å². The van der Waals surface area contributed by atoms with E-state index in [4.69, 9.17) is 4.99 Å². The highest BCUT2D eigenvalue weighted by molar-refractivity contribution is 14.0. The van der Waals surface area contributed by atoms with Crippen molar-refractivity contribution in [3.05, 3.63) is 35.9 Å². The first-order chi connectivity index (χ1) is 14.0. The van der Waals surface area contributed by atoms with Gasteiger partial charge in [-0.3, -0.25) is 9.89 Å². The average molecular weight is 528 g/mol. The zero-order valence-electron chi connectivity index (χ0n) is 19.3. The molecule has 30 heavy (non-hydrogen) atoms. The molecule has 5 nitrogen and oxygen atoms in total. The van der Waals surface area contributed by atoms with Crippen LogP contribution in [-0.4, -0.2) is 66.6 Å². The summed E-state index contributed by atoms with van der Waals surface area (Å²) in [6.45, 7) is 15.5. The van der Waals surface area contributed by atoms with Crippen molar-refractivity contribution >= 4 is 29.9 Å². The SMILES string of the molecule is CCNC(=NCC1CCCN(C(C)C)C1)NC1CC(C)N(Cc2ccccc2)C1.I. The zero-order valence-corrected chi connectivity index (χ0v) is 21.6. The summed E-state index contributed by atoms with van der Waals surface area (Å²) in [4.78, 5) is 10.2. The minimum absolute atomic E-state index is 0. The fraction of sp³-hybridized carbons (Fsp3) is 0.708. The predicted octanol–water partition coefficient (Wildman–Crippen LogP) is 3.94. The maximum atomic E-state index is 4.98. The van der Waals surface area contributed by atoms with E-state index in [-0.39, 0.29) is 24.0 Å². The van der Waals surface area contributed by atoms with E-state index in [9.17, 15) is 0 Å². The van der Waals surface area contributed by atoms with Gasteiger partial charge in [-0.25, -0.2) is 0 Å². The molecule has 2 heterocycles. The molecule has 0 spiro atoms. The normalized spacial score (nSPS) is 25.9. The Balaban J connectivity index is 0.00000320. The van der Waals surface area contributed by atoms with E-state index < -0.39 is 0 Å². The molecule has 3 rings (SSSR count). The molecule has 2 saturated heterocycles. The summed E-state index contributed by atoms with van der Waals surface area (Å²) in [5.74, 6) is 1.67. The van der Waals surface area contributed by atoms with Crippen molar-refractivity contribution in [2.24, 2.45) is 10.9 Å². The van der Waals surface area contributed by atoms with Gasteiger partial charge in [-0.1, -0.05) is 30.3 Å². The van der Waals surface area contributed by atoms with Gasteiger partial charge in [0.15, 0.2) is 5.96 Å². The molecule has 0 radical (unpaired) electrons. The highest BCUT2D eigenvalue weighted by Crippen LogP contribution is 2.21. The van der Waals surface area contributed by atoms with Crippen LogP contribution in [0.5, 0.6) is 0 Å². The highest BCUT2D eigenvalue weighted by Gasteiger charge is 2.29. The Morgan fingerprint density at radius 1 is 1.20 bits per heavy atom. The van der Waals surface area contributed by atoms with Crippen molar-refractivity contribution in [2.75, 3.05) is 32.7 Å². The van der Waals surface area contributed by atoms with Gasteiger partial charge in [-0.05, 0) is 65.0 Å². The molecule has 6 heteroatoms. The van der Waals surface area contributed by atoms with Gasteiger partial charge in [0.25, 0.3) is 0 Å². The van der Waals surface area contributed by atoms with Crippen LogP contribution in [-0.2, 0) is 6.54 Å². The lowest BCUT2D eigenvalue weighted by atomic mass is 9.97. The lowest BCUT2D eigenvalue weighted by molar-refractivity contribution is 0.143. The Labute approximate surface area is 201 Å². The van der Waals surface area contributed by atoms with Crippen LogP contribution in [0.1, 0.15) is 52.5 Å². The molecule has 170 valence electrons. The Bertz CT molecular complexity index is 636. The molecule has 1 aromatic carbocycles. The molecule has 0 aromatic heterocycles. The Morgan fingerprint density at radius 2 is 1.97 bits per heavy atom. The van der Waals surface area contributed by atoms with Crippen LogP contribution in [0.15, 0.2) is 35.3 Å². The molecule has 2 fully saturated rings. The quantitative estimate of drug-likeness (QED) is 0.320. The van der Waals surface area contributed by atoms with Crippen LogP contribution in [0.25, 0.3) is 0 Å². The molecule has 0 amide bonds. The Hall–Kier alpha value is -0.860. The fourth-order valence-corrected chi connectivity index (χ4v) is 4.69. The molecule has 3 unspecified atom stereocenters. The van der Waals surface area contributed by atoms with Crippen molar-refractivity contribution in [2.45, 2.75) is 71.6 Å². The summed E-state index contributed by atoms with van der Waals surface area (Å²) in [5, 5.41) is 7.19. The lowest BCUT2D eigenvalue weighted by Gasteiger charge is -2.35. The van der Waals surface area contributed by atoms with Gasteiger partial charge in [-0.2, -0.15) is 0 Å². The summed E-state index contributed by atoms with van der Waals surface area (Å²) >= 11 is 0. The van der Waals surface area contributed by atoms with Gasteiger partial charge in [0.1, 0.15) is 0 Å². The minimum Gasteiger partial charge on any atom is -0.357 e. The number of rotatable bonds is 7. The number of likely N-dealkylation sites (tertiary alicyclic amines) is 2. The van der Waals surface area contributed by atoms with Crippen LogP contribution >= 0.6 is 24.0 Å². The van der Waals surface area contributed by atoms with Crippen molar-refractivity contribution in [1.82, 2.24) is 20.4 Å². The lowest BCUT2D eigenvalue weighted by Crippen LogP contribution is -2.45. The van der Waals surface area contributed by atoms with E-state index in [0.29, 0.717) is 24.0 Å². The maximum Gasteiger partial charge on any atom is 0.191 e. The fourth-order valence-electron chi connectivity index (χ4n) is 4.69. The number of benzene rings is 1. The number of nitrogens with zero attached hydrogens (tertiary/aromatic N) is 3. The molecule has 3 atom stereocenters. The summed E-state index contributed by atoms with van der Waals surface area (Å²) in [7, 11) is 0. The number of nitrogens with one attached hydrogen (secondary N) is 2. The minimum atomic E-state index is 0. The second kappa shape index (κ2) is 12.9. The third kappa shape index (κ3) is 7.68. The van der Waals surface area contributed by atoms with Gasteiger partial charge in [-0.15, -0.1) is 24.0 Å². The topological polar surface area (TPSA) is 42.9 Å². The summed E-state index contributed by atoms with van der Waals surface area (Å²) in [6.07, 6.45) is 3.77. The van der Waals surface area contributed by atoms with Crippen LogP contribution in [0.3, 0.4) is 0 Å². The molecule has 2 aliphatic heterocycles. The van der Waals surface area contributed by atoms with E-state index in [1.807, 2.05) is 0 Å². The van der Waals surface area contributed by atoms with E-state index in [2.05, 4.69) is 78.5 Å². The van der Waals surface area contributed by atoms with Crippen molar-refractivity contribution in [3.63, 3.8) is 0 Å². The van der Waals surface area contributed by atoms with E-state index >= 15 is 0 Å². The van der Waals surface area contributed by atoms with Crippen molar-refractivity contribution in [3.8, 4) is 0 Å². The van der Waals surface area contributed by atoms with Gasteiger partial charge in [0.05, 0.1) is 0 Å². The molecule has 0 bridgehead atoms. The predicted molar refractivity (Wildman–Crippen MR) is 139 cm³/mol. The standard InChI is InChI=1S/C24H41N5.HI/c1-5-25-24(26-15-22-12-9-13-28(17-22)19(2)3)27-23-14-20(4)29(18-23)16-21-10-7-6-8-11-21;/h6-8,10-11,19-20,22-23H,5,9,12-18H2,1-4H3,(H2,25,26,27);1H. The highest BCUT2D eigenvalue weighted by atomic mass is 127. The smallest absolute Gasteiger partial charge is 0.191 e. The van der Waals surface area contributed by atoms with Crippen LogP contribution in [0.2, 0.25) is 0 Å². The maximum absolute atomic E-state index is 4.98. The third-order valence-electron chi connectivity index (χ3n) is 6.41. The molecular formula is C24H42IN5. The van der Waals surface area contributed by atoms with Gasteiger partial charge in [0.2, 0.25) is 0 Å². The summed E-state index contributed by atoms with van der Waals surface area (Å²) in [5.41, 5.74) is 1.40. The number of hydrogen-bond acceptors (Lipinski definition) is 3. The average Bonchev–Trinajstić information content (AvgIpc) is 3.06. The second-order valence-corrected chi connectivity index (χ2v) is 9.16. The molecular weight excluding hydrogens is 485 g/mol. The number of aliphatic imine (C=N–C) groups is 1. The second-order valence-electron chi connectivity index (χ2n) is 9.16. The Morgan fingerprint density at radius 3 is 2.67 bits per heavy atom. The van der Waals surface area contributed by atoms with E-state index in [0.717, 1.165) is 32.1 Å².